The smallest absolute Gasteiger partial charge is 0.260 e. The van der Waals surface area contributed by atoms with E-state index in [9.17, 15) is 9.59 Å². The van der Waals surface area contributed by atoms with Crippen LogP contribution in [0.3, 0.4) is 0 Å². The van der Waals surface area contributed by atoms with Crippen LogP contribution in [0.25, 0.3) is 0 Å². The second-order valence-electron chi connectivity index (χ2n) is 6.66. The van der Waals surface area contributed by atoms with Crippen molar-refractivity contribution in [2.24, 2.45) is 5.10 Å². The molecular weight excluding hydrogens is 402 g/mol. The summed E-state index contributed by atoms with van der Waals surface area (Å²) in [7, 11) is 0. The van der Waals surface area contributed by atoms with Crippen LogP contribution in [0.5, 0.6) is 5.75 Å². The zero-order valence-corrected chi connectivity index (χ0v) is 17.6. The molecule has 2 aromatic carbocycles. The van der Waals surface area contributed by atoms with Gasteiger partial charge in [-0.2, -0.15) is 5.10 Å². The van der Waals surface area contributed by atoms with Crippen molar-refractivity contribution in [2.45, 2.75) is 17.1 Å². The molecule has 0 aromatic heterocycles. The third kappa shape index (κ3) is 6.89. The van der Waals surface area contributed by atoms with Gasteiger partial charge >= 0.3 is 0 Å². The molecule has 1 N–H and O–H groups in total. The van der Waals surface area contributed by atoms with E-state index in [2.05, 4.69) is 10.5 Å². The summed E-state index contributed by atoms with van der Waals surface area (Å²) >= 11 is 1.48. The van der Waals surface area contributed by atoms with Crippen molar-refractivity contribution in [3.63, 3.8) is 0 Å². The predicted octanol–water partition coefficient (Wildman–Crippen LogP) is 2.56. The molecule has 0 spiro atoms. The van der Waals surface area contributed by atoms with Crippen molar-refractivity contribution < 1.29 is 19.1 Å². The van der Waals surface area contributed by atoms with Gasteiger partial charge in [0.05, 0.1) is 24.7 Å². The van der Waals surface area contributed by atoms with Crippen molar-refractivity contribution in [1.29, 1.82) is 0 Å². The molecule has 1 heterocycles. The first-order valence-corrected chi connectivity index (χ1v) is 10.6. The summed E-state index contributed by atoms with van der Waals surface area (Å²) in [5, 5.41) is 3.76. The summed E-state index contributed by atoms with van der Waals surface area (Å²) < 4.78 is 10.8. The minimum absolute atomic E-state index is 0.000459. The molecule has 2 aromatic rings. The van der Waals surface area contributed by atoms with Gasteiger partial charge in [0, 0.05) is 18.0 Å². The van der Waals surface area contributed by atoms with Gasteiger partial charge in [-0.3, -0.25) is 9.59 Å². The summed E-state index contributed by atoms with van der Waals surface area (Å²) in [6, 6.07) is 16.9. The lowest BCUT2D eigenvalue weighted by Crippen LogP contribution is -2.42. The normalized spacial score (nSPS) is 15.0. The number of ether oxygens (including phenoxy) is 2. The largest absolute Gasteiger partial charge is 0.484 e. The molecular formula is C22H25N3O4S. The zero-order valence-electron chi connectivity index (χ0n) is 16.8. The Kier molecular flexibility index (Phi) is 8.29. The molecule has 30 heavy (non-hydrogen) atoms. The average molecular weight is 428 g/mol. The van der Waals surface area contributed by atoms with Crippen LogP contribution < -0.4 is 10.2 Å². The number of hydrazone groups is 1. The molecule has 1 aliphatic heterocycles. The first-order chi connectivity index (χ1) is 14.6. The van der Waals surface area contributed by atoms with E-state index in [-0.39, 0.29) is 23.7 Å². The standard InChI is InChI=1S/C22H25N3O4S/c1-17(30-20-5-3-2-4-6-20)22(27)24-23-15-18-7-9-19(10-8-18)29-16-21(26)25-11-13-28-14-12-25/h2-10,15,17H,11-14,16H2,1H3,(H,24,27)/b23-15-/t17-/m0/s1. The molecule has 158 valence electrons. The van der Waals surface area contributed by atoms with Gasteiger partial charge in [0.25, 0.3) is 11.8 Å². The lowest BCUT2D eigenvalue weighted by molar-refractivity contribution is -0.137. The average Bonchev–Trinajstić information content (AvgIpc) is 2.79. The quantitative estimate of drug-likeness (QED) is 0.398. The summed E-state index contributed by atoms with van der Waals surface area (Å²) in [6.07, 6.45) is 1.57. The number of carbonyl (C=O) groups excluding carboxylic acids is 2. The third-order valence-electron chi connectivity index (χ3n) is 4.42. The Morgan fingerprint density at radius 2 is 1.87 bits per heavy atom. The van der Waals surface area contributed by atoms with E-state index < -0.39 is 0 Å². The number of amides is 2. The molecule has 0 saturated carbocycles. The predicted molar refractivity (Wildman–Crippen MR) is 117 cm³/mol. The van der Waals surface area contributed by atoms with E-state index in [1.165, 1.54) is 11.8 Å². The lowest BCUT2D eigenvalue weighted by atomic mass is 10.2. The minimum atomic E-state index is -0.260. The van der Waals surface area contributed by atoms with Crippen LogP contribution >= 0.6 is 11.8 Å². The Hall–Kier alpha value is -2.84. The van der Waals surface area contributed by atoms with E-state index in [1.54, 1.807) is 23.2 Å². The number of hydrogen-bond acceptors (Lipinski definition) is 6. The second-order valence-corrected chi connectivity index (χ2v) is 8.07. The molecule has 1 saturated heterocycles. The van der Waals surface area contributed by atoms with E-state index in [1.807, 2.05) is 49.4 Å². The van der Waals surface area contributed by atoms with Gasteiger partial charge in [0.2, 0.25) is 0 Å². The topological polar surface area (TPSA) is 80.2 Å². The highest BCUT2D eigenvalue weighted by Gasteiger charge is 2.17. The highest BCUT2D eigenvalue weighted by Crippen LogP contribution is 2.22. The Balaban J connectivity index is 1.41. The van der Waals surface area contributed by atoms with Crippen molar-refractivity contribution in [3.8, 4) is 5.75 Å². The van der Waals surface area contributed by atoms with Gasteiger partial charge in [-0.1, -0.05) is 18.2 Å². The second kappa shape index (κ2) is 11.4. The Morgan fingerprint density at radius 3 is 2.57 bits per heavy atom. The molecule has 8 heteroatoms. The Labute approximate surface area is 180 Å². The fourth-order valence-corrected chi connectivity index (χ4v) is 3.60. The van der Waals surface area contributed by atoms with E-state index in [0.29, 0.717) is 32.1 Å². The highest BCUT2D eigenvalue weighted by atomic mass is 32.2. The maximum Gasteiger partial charge on any atom is 0.260 e. The molecule has 3 rings (SSSR count). The van der Waals surface area contributed by atoms with Gasteiger partial charge in [-0.15, -0.1) is 11.8 Å². The van der Waals surface area contributed by atoms with E-state index in [4.69, 9.17) is 9.47 Å². The number of rotatable bonds is 8. The molecule has 1 atom stereocenters. The number of benzene rings is 2. The van der Waals surface area contributed by atoms with Gasteiger partial charge in [0.15, 0.2) is 6.61 Å². The molecule has 2 amide bonds. The third-order valence-corrected chi connectivity index (χ3v) is 5.53. The first kappa shape index (κ1) is 21.9. The lowest BCUT2D eigenvalue weighted by Gasteiger charge is -2.26. The summed E-state index contributed by atoms with van der Waals surface area (Å²) in [4.78, 5) is 27.0. The first-order valence-electron chi connectivity index (χ1n) is 9.75. The van der Waals surface area contributed by atoms with Gasteiger partial charge in [-0.25, -0.2) is 5.43 Å². The molecule has 0 unspecified atom stereocenters. The highest BCUT2D eigenvalue weighted by molar-refractivity contribution is 8.00. The molecule has 0 aliphatic carbocycles. The molecule has 7 nitrogen and oxygen atoms in total. The maximum atomic E-state index is 12.2. The Bertz CT molecular complexity index is 852. The molecule has 0 radical (unpaired) electrons. The molecule has 1 fully saturated rings. The van der Waals surface area contributed by atoms with Crippen LogP contribution in [0.4, 0.5) is 0 Å². The fourth-order valence-electron chi connectivity index (χ4n) is 2.72. The summed E-state index contributed by atoms with van der Waals surface area (Å²) in [5.41, 5.74) is 3.37. The monoisotopic (exact) mass is 427 g/mol. The summed E-state index contributed by atoms with van der Waals surface area (Å²) in [5.74, 6) is 0.390. The van der Waals surface area contributed by atoms with Gasteiger partial charge in [0.1, 0.15) is 5.75 Å². The van der Waals surface area contributed by atoms with Crippen molar-refractivity contribution in [1.82, 2.24) is 10.3 Å². The molecule has 0 bridgehead atoms. The van der Waals surface area contributed by atoms with Crippen LogP contribution in [0.1, 0.15) is 12.5 Å². The SMILES string of the molecule is C[C@H](Sc1ccccc1)C(=O)N/N=C\c1ccc(OCC(=O)N2CCOCC2)cc1. The van der Waals surface area contributed by atoms with Gasteiger partial charge in [-0.05, 0) is 48.9 Å². The van der Waals surface area contributed by atoms with Crippen molar-refractivity contribution >= 4 is 29.8 Å². The van der Waals surface area contributed by atoms with Crippen molar-refractivity contribution in [2.75, 3.05) is 32.9 Å². The number of nitrogens with zero attached hydrogens (tertiary/aromatic N) is 2. The number of morpholine rings is 1. The number of carbonyl (C=O) groups is 2. The molecule has 1 aliphatic rings. The van der Waals surface area contributed by atoms with Crippen LogP contribution in [-0.2, 0) is 14.3 Å². The van der Waals surface area contributed by atoms with Crippen molar-refractivity contribution in [3.05, 3.63) is 60.2 Å². The van der Waals surface area contributed by atoms with Gasteiger partial charge < -0.3 is 14.4 Å². The zero-order chi connectivity index (χ0) is 21.2. The minimum Gasteiger partial charge on any atom is -0.484 e. The maximum absolute atomic E-state index is 12.2. The van der Waals surface area contributed by atoms with Crippen LogP contribution in [0, 0.1) is 0 Å². The number of thioether (sulfide) groups is 1. The number of hydrogen-bond donors (Lipinski definition) is 1. The van der Waals surface area contributed by atoms with Crippen LogP contribution in [0.15, 0.2) is 64.6 Å². The Morgan fingerprint density at radius 1 is 1.17 bits per heavy atom. The summed E-state index contributed by atoms with van der Waals surface area (Å²) in [6.45, 7) is 4.19. The van der Waals surface area contributed by atoms with Crippen LogP contribution in [0.2, 0.25) is 0 Å². The van der Waals surface area contributed by atoms with E-state index in [0.717, 1.165) is 10.5 Å². The number of nitrogens with one attached hydrogen (secondary N) is 1. The fraction of sp³-hybridized carbons (Fsp3) is 0.318. The van der Waals surface area contributed by atoms with E-state index >= 15 is 0 Å². The van der Waals surface area contributed by atoms with Crippen LogP contribution in [-0.4, -0.2) is 61.1 Å².